The number of nitriles is 1. The summed E-state index contributed by atoms with van der Waals surface area (Å²) in [5, 5.41) is 8.77. The first-order valence-corrected chi connectivity index (χ1v) is 7.65. The molecule has 0 N–H and O–H groups in total. The van der Waals surface area contributed by atoms with Crippen molar-refractivity contribution in [2.75, 3.05) is 0 Å². The van der Waals surface area contributed by atoms with E-state index in [4.69, 9.17) is 29.7 Å². The Labute approximate surface area is 140 Å². The van der Waals surface area contributed by atoms with E-state index >= 15 is 0 Å². The summed E-state index contributed by atoms with van der Waals surface area (Å²) in [5.74, 6) is -0.244. The molecule has 2 aromatic rings. The minimum Gasteiger partial charge on any atom is -0.207 e. The van der Waals surface area contributed by atoms with Crippen molar-refractivity contribution in [3.8, 4) is 6.07 Å². The van der Waals surface area contributed by atoms with Crippen molar-refractivity contribution in [2.45, 2.75) is 19.3 Å². The van der Waals surface area contributed by atoms with E-state index < -0.39 is 0 Å². The van der Waals surface area contributed by atoms with Gasteiger partial charge < -0.3 is 0 Å². The van der Waals surface area contributed by atoms with Gasteiger partial charge in [-0.2, -0.15) is 5.26 Å². The SMILES string of the molecule is N#Cc1ccc(CC(=S)CC(=S)Cc2ccc(F)cc2)cc1. The van der Waals surface area contributed by atoms with Gasteiger partial charge in [-0.3, -0.25) is 0 Å². The molecule has 0 radical (unpaired) electrons. The highest BCUT2D eigenvalue weighted by Gasteiger charge is 2.06. The fourth-order valence-electron chi connectivity index (χ4n) is 2.10. The molecule has 22 heavy (non-hydrogen) atoms. The molecule has 0 saturated heterocycles. The van der Waals surface area contributed by atoms with Crippen LogP contribution in [0, 0.1) is 17.1 Å². The van der Waals surface area contributed by atoms with Gasteiger partial charge in [-0.25, -0.2) is 4.39 Å². The van der Waals surface area contributed by atoms with Crippen LogP contribution in [0.25, 0.3) is 0 Å². The van der Waals surface area contributed by atoms with Gasteiger partial charge in [0.25, 0.3) is 0 Å². The van der Waals surface area contributed by atoms with Crippen molar-refractivity contribution in [3.63, 3.8) is 0 Å². The number of hydrogen-bond donors (Lipinski definition) is 0. The molecule has 0 aromatic heterocycles. The van der Waals surface area contributed by atoms with Crippen LogP contribution in [0.15, 0.2) is 48.5 Å². The van der Waals surface area contributed by atoms with E-state index in [0.717, 1.165) is 20.9 Å². The number of benzene rings is 2. The van der Waals surface area contributed by atoms with Crippen molar-refractivity contribution in [2.24, 2.45) is 0 Å². The predicted molar refractivity (Wildman–Crippen MR) is 94.8 cm³/mol. The van der Waals surface area contributed by atoms with Crippen LogP contribution >= 0.6 is 24.4 Å². The lowest BCUT2D eigenvalue weighted by Gasteiger charge is -2.07. The molecule has 0 atom stereocenters. The van der Waals surface area contributed by atoms with Crippen molar-refractivity contribution >= 4 is 34.2 Å². The highest BCUT2D eigenvalue weighted by atomic mass is 32.1. The van der Waals surface area contributed by atoms with Crippen molar-refractivity contribution in [3.05, 3.63) is 71.0 Å². The molecule has 0 aliphatic rings. The van der Waals surface area contributed by atoms with Gasteiger partial charge in [-0.15, -0.1) is 0 Å². The fourth-order valence-corrected chi connectivity index (χ4v) is 2.87. The lowest BCUT2D eigenvalue weighted by atomic mass is 10.0. The largest absolute Gasteiger partial charge is 0.207 e. The highest BCUT2D eigenvalue weighted by Crippen LogP contribution is 2.10. The lowest BCUT2D eigenvalue weighted by Crippen LogP contribution is -2.09. The number of thiocarbonyl (C=S) groups is 2. The standard InChI is InChI=1S/C18H14FNS2/c19-16-7-5-14(6-8-16)10-18(22)11-17(21)9-13-1-3-15(12-20)4-2-13/h1-8H,9-11H2. The van der Waals surface area contributed by atoms with Crippen LogP contribution in [0.4, 0.5) is 4.39 Å². The first kappa shape index (κ1) is 16.4. The Morgan fingerprint density at radius 1 is 0.864 bits per heavy atom. The normalized spacial score (nSPS) is 10.0. The minimum atomic E-state index is -0.244. The van der Waals surface area contributed by atoms with Crippen molar-refractivity contribution in [1.29, 1.82) is 5.26 Å². The third kappa shape index (κ3) is 5.10. The quantitative estimate of drug-likeness (QED) is 0.724. The molecule has 0 bridgehead atoms. The molecule has 0 heterocycles. The summed E-state index contributed by atoms with van der Waals surface area (Å²) in [5.41, 5.74) is 2.71. The van der Waals surface area contributed by atoms with Crippen LogP contribution in [0.2, 0.25) is 0 Å². The van der Waals surface area contributed by atoms with E-state index in [2.05, 4.69) is 6.07 Å². The van der Waals surface area contributed by atoms with E-state index in [9.17, 15) is 4.39 Å². The number of nitrogens with zero attached hydrogens (tertiary/aromatic N) is 1. The summed E-state index contributed by atoms with van der Waals surface area (Å²) in [6.45, 7) is 0. The van der Waals surface area contributed by atoms with Gasteiger partial charge in [-0.1, -0.05) is 48.7 Å². The lowest BCUT2D eigenvalue weighted by molar-refractivity contribution is 0.627. The summed E-state index contributed by atoms with van der Waals surface area (Å²) in [4.78, 5) is 1.72. The molecule has 110 valence electrons. The second kappa shape index (κ2) is 7.88. The van der Waals surface area contributed by atoms with E-state index in [0.29, 0.717) is 24.8 Å². The molecule has 2 aromatic carbocycles. The van der Waals surface area contributed by atoms with Crippen molar-refractivity contribution in [1.82, 2.24) is 0 Å². The summed E-state index contributed by atoms with van der Waals surface area (Å²) in [7, 11) is 0. The maximum absolute atomic E-state index is 12.9. The van der Waals surface area contributed by atoms with Crippen LogP contribution < -0.4 is 0 Å². The first-order chi connectivity index (χ1) is 10.6. The Hall–Kier alpha value is -1.96. The smallest absolute Gasteiger partial charge is 0.123 e. The Morgan fingerprint density at radius 2 is 1.32 bits per heavy atom. The predicted octanol–water partition coefficient (Wildman–Crippen LogP) is 4.61. The molecule has 0 aliphatic carbocycles. The molecule has 0 unspecified atom stereocenters. The monoisotopic (exact) mass is 327 g/mol. The van der Waals surface area contributed by atoms with E-state index in [1.165, 1.54) is 12.1 Å². The molecule has 0 aliphatic heterocycles. The number of rotatable bonds is 6. The third-order valence-electron chi connectivity index (χ3n) is 3.19. The Balaban J connectivity index is 1.86. The van der Waals surface area contributed by atoms with E-state index in [-0.39, 0.29) is 5.82 Å². The van der Waals surface area contributed by atoms with Crippen LogP contribution in [0.1, 0.15) is 23.1 Å². The molecule has 2 rings (SSSR count). The minimum absolute atomic E-state index is 0.244. The fraction of sp³-hybridized carbons (Fsp3) is 0.167. The summed E-state index contributed by atoms with van der Waals surface area (Å²) in [6, 6.07) is 15.8. The van der Waals surface area contributed by atoms with Gasteiger partial charge in [-0.05, 0) is 35.4 Å². The molecule has 0 amide bonds. The van der Waals surface area contributed by atoms with E-state index in [1.54, 1.807) is 24.3 Å². The zero-order chi connectivity index (χ0) is 15.9. The van der Waals surface area contributed by atoms with Gasteiger partial charge in [0.1, 0.15) is 5.82 Å². The zero-order valence-electron chi connectivity index (χ0n) is 11.9. The molecule has 0 saturated carbocycles. The molecule has 0 spiro atoms. The zero-order valence-corrected chi connectivity index (χ0v) is 13.5. The van der Waals surface area contributed by atoms with Gasteiger partial charge in [0.05, 0.1) is 11.6 Å². The third-order valence-corrected chi connectivity index (χ3v) is 3.77. The Bertz CT molecular complexity index is 712. The van der Waals surface area contributed by atoms with Gasteiger partial charge in [0.15, 0.2) is 0 Å². The summed E-state index contributed by atoms with van der Waals surface area (Å²) in [6.07, 6.45) is 1.90. The maximum atomic E-state index is 12.9. The van der Waals surface area contributed by atoms with Crippen LogP contribution in [-0.2, 0) is 12.8 Å². The number of halogens is 1. The average Bonchev–Trinajstić information content (AvgIpc) is 2.50. The Morgan fingerprint density at radius 3 is 1.77 bits per heavy atom. The highest BCUT2D eigenvalue weighted by molar-refractivity contribution is 7.82. The van der Waals surface area contributed by atoms with Crippen LogP contribution in [-0.4, -0.2) is 9.73 Å². The molecule has 1 nitrogen and oxygen atoms in total. The average molecular weight is 327 g/mol. The Kier molecular flexibility index (Phi) is 5.88. The topological polar surface area (TPSA) is 23.8 Å². The van der Waals surface area contributed by atoms with Crippen molar-refractivity contribution < 1.29 is 4.39 Å². The molecular formula is C18H14FNS2. The first-order valence-electron chi connectivity index (χ1n) is 6.83. The second-order valence-electron chi connectivity index (χ2n) is 5.04. The van der Waals surface area contributed by atoms with Gasteiger partial charge in [0, 0.05) is 29.0 Å². The maximum Gasteiger partial charge on any atom is 0.123 e. The van der Waals surface area contributed by atoms with Gasteiger partial charge >= 0.3 is 0 Å². The summed E-state index contributed by atoms with van der Waals surface area (Å²) >= 11 is 10.8. The van der Waals surface area contributed by atoms with E-state index in [1.807, 2.05) is 12.1 Å². The number of hydrogen-bond acceptors (Lipinski definition) is 3. The summed E-state index contributed by atoms with van der Waals surface area (Å²) < 4.78 is 12.9. The molecule has 4 heteroatoms. The van der Waals surface area contributed by atoms with Crippen LogP contribution in [0.5, 0.6) is 0 Å². The van der Waals surface area contributed by atoms with Gasteiger partial charge in [0.2, 0.25) is 0 Å². The molecule has 0 fully saturated rings. The molecular weight excluding hydrogens is 313 g/mol. The van der Waals surface area contributed by atoms with Crippen LogP contribution in [0.3, 0.4) is 0 Å². The second-order valence-corrected chi connectivity index (χ2v) is 6.20.